The van der Waals surface area contributed by atoms with Crippen LogP contribution in [0.2, 0.25) is 0 Å². The molecule has 11 heteroatoms. The number of fused-ring (bicyclic) bond motifs is 1. The van der Waals surface area contributed by atoms with Crippen molar-refractivity contribution in [3.8, 4) is 11.4 Å². The molecular weight excluding hydrogens is 471 g/mol. The lowest BCUT2D eigenvalue weighted by Gasteiger charge is -2.16. The van der Waals surface area contributed by atoms with Gasteiger partial charge in [0, 0.05) is 30.3 Å². The summed E-state index contributed by atoms with van der Waals surface area (Å²) in [6.45, 7) is 0.789. The molecule has 5 rings (SSSR count). The van der Waals surface area contributed by atoms with Crippen LogP contribution in [0.4, 0.5) is 30.6 Å². The summed E-state index contributed by atoms with van der Waals surface area (Å²) >= 11 is 0. The molecule has 2 atom stereocenters. The highest BCUT2D eigenvalue weighted by Gasteiger charge is 2.34. The molecule has 0 bridgehead atoms. The summed E-state index contributed by atoms with van der Waals surface area (Å²) in [5.74, 6) is 1.27. The second kappa shape index (κ2) is 9.48. The first-order valence-electron chi connectivity index (χ1n) is 11.4. The average Bonchev–Trinajstić information content (AvgIpc) is 3.42. The van der Waals surface area contributed by atoms with Gasteiger partial charge >= 0.3 is 6.61 Å². The summed E-state index contributed by atoms with van der Waals surface area (Å²) in [7, 11) is 1.79. The Kier molecular flexibility index (Phi) is 6.21. The SMILES string of the molecule is CNc1nc(Nc2ccc(-n3cnc(C)n3)c(OC(F)F)c2)nc2c1C(C)C[C@@H]2c1ccc(F)cc1. The van der Waals surface area contributed by atoms with Crippen LogP contribution >= 0.6 is 0 Å². The largest absolute Gasteiger partial charge is 0.432 e. The molecule has 0 fully saturated rings. The van der Waals surface area contributed by atoms with E-state index in [0.29, 0.717) is 29.0 Å². The molecule has 1 aliphatic rings. The Morgan fingerprint density at radius 1 is 1.11 bits per heavy atom. The summed E-state index contributed by atoms with van der Waals surface area (Å²) in [4.78, 5) is 13.4. The molecule has 186 valence electrons. The van der Waals surface area contributed by atoms with Crippen LogP contribution in [0.25, 0.3) is 5.69 Å². The zero-order valence-corrected chi connectivity index (χ0v) is 19.8. The quantitative estimate of drug-likeness (QED) is 0.348. The van der Waals surface area contributed by atoms with Crippen molar-refractivity contribution < 1.29 is 17.9 Å². The number of ether oxygens (including phenoxy) is 1. The Morgan fingerprint density at radius 2 is 1.89 bits per heavy atom. The van der Waals surface area contributed by atoms with Gasteiger partial charge < -0.3 is 15.4 Å². The number of nitrogens with one attached hydrogen (secondary N) is 2. The summed E-state index contributed by atoms with van der Waals surface area (Å²) < 4.78 is 45.9. The number of aryl methyl sites for hydroxylation is 1. The van der Waals surface area contributed by atoms with Crippen molar-refractivity contribution in [2.45, 2.75) is 38.7 Å². The lowest BCUT2D eigenvalue weighted by Crippen LogP contribution is -2.09. The first-order chi connectivity index (χ1) is 17.3. The Hall–Kier alpha value is -4.15. The number of benzene rings is 2. The van der Waals surface area contributed by atoms with Gasteiger partial charge in [0.2, 0.25) is 5.95 Å². The Balaban J connectivity index is 1.51. The number of halogens is 3. The van der Waals surface area contributed by atoms with E-state index in [9.17, 15) is 13.2 Å². The van der Waals surface area contributed by atoms with Crippen LogP contribution in [0.1, 0.15) is 47.8 Å². The van der Waals surface area contributed by atoms with Crippen molar-refractivity contribution in [2.75, 3.05) is 17.7 Å². The number of alkyl halides is 2. The molecule has 2 heterocycles. The summed E-state index contributed by atoms with van der Waals surface area (Å²) in [6.07, 6.45) is 2.24. The van der Waals surface area contributed by atoms with E-state index < -0.39 is 6.61 Å². The van der Waals surface area contributed by atoms with E-state index in [4.69, 9.17) is 9.72 Å². The van der Waals surface area contributed by atoms with Gasteiger partial charge in [0.1, 0.15) is 29.5 Å². The summed E-state index contributed by atoms with van der Waals surface area (Å²) in [5.41, 5.74) is 3.59. The minimum Gasteiger partial charge on any atom is -0.432 e. The van der Waals surface area contributed by atoms with Gasteiger partial charge in [-0.15, -0.1) is 0 Å². The normalized spacial score (nSPS) is 16.8. The third-order valence-electron chi connectivity index (χ3n) is 6.18. The van der Waals surface area contributed by atoms with E-state index in [-0.39, 0.29) is 23.4 Å². The molecule has 1 unspecified atom stereocenters. The third kappa shape index (κ3) is 4.56. The molecule has 4 aromatic rings. The predicted octanol–water partition coefficient (Wildman–Crippen LogP) is 5.53. The third-order valence-corrected chi connectivity index (χ3v) is 6.18. The first-order valence-corrected chi connectivity index (χ1v) is 11.4. The van der Waals surface area contributed by atoms with Crippen molar-refractivity contribution in [1.29, 1.82) is 0 Å². The van der Waals surface area contributed by atoms with Crippen molar-refractivity contribution in [3.63, 3.8) is 0 Å². The highest BCUT2D eigenvalue weighted by molar-refractivity contribution is 5.64. The van der Waals surface area contributed by atoms with Crippen LogP contribution in [0.3, 0.4) is 0 Å². The zero-order chi connectivity index (χ0) is 25.4. The van der Waals surface area contributed by atoms with Gasteiger partial charge in [0.05, 0.1) is 5.69 Å². The van der Waals surface area contributed by atoms with Crippen molar-refractivity contribution >= 4 is 17.5 Å². The van der Waals surface area contributed by atoms with E-state index >= 15 is 0 Å². The van der Waals surface area contributed by atoms with Gasteiger partial charge in [-0.25, -0.2) is 19.0 Å². The smallest absolute Gasteiger partial charge is 0.387 e. The minimum absolute atomic E-state index is 0.0260. The monoisotopic (exact) mass is 495 g/mol. The fourth-order valence-electron chi connectivity index (χ4n) is 4.62. The van der Waals surface area contributed by atoms with Crippen LogP contribution in [0.5, 0.6) is 5.75 Å². The molecule has 2 aromatic heterocycles. The fraction of sp³-hybridized carbons (Fsp3) is 0.280. The van der Waals surface area contributed by atoms with E-state index in [2.05, 4.69) is 32.6 Å². The molecule has 0 saturated heterocycles. The molecule has 0 saturated carbocycles. The summed E-state index contributed by atoms with van der Waals surface area (Å²) in [5, 5.41) is 10.4. The Morgan fingerprint density at radius 3 is 2.56 bits per heavy atom. The molecular formula is C25H24F3N7O. The number of aromatic nitrogens is 5. The molecule has 1 aliphatic carbocycles. The maximum Gasteiger partial charge on any atom is 0.387 e. The van der Waals surface area contributed by atoms with E-state index in [1.807, 2.05) is 0 Å². The molecule has 2 aromatic carbocycles. The average molecular weight is 496 g/mol. The lowest BCUT2D eigenvalue weighted by atomic mass is 9.95. The van der Waals surface area contributed by atoms with Gasteiger partial charge in [-0.1, -0.05) is 19.1 Å². The molecule has 0 amide bonds. The van der Waals surface area contributed by atoms with Gasteiger partial charge in [-0.3, -0.25) is 0 Å². The number of hydrogen-bond acceptors (Lipinski definition) is 7. The Labute approximate surface area is 205 Å². The van der Waals surface area contributed by atoms with Crippen molar-refractivity contribution in [3.05, 3.63) is 77.3 Å². The van der Waals surface area contributed by atoms with Crippen LogP contribution in [0, 0.1) is 12.7 Å². The van der Waals surface area contributed by atoms with Gasteiger partial charge in [0.25, 0.3) is 0 Å². The lowest BCUT2D eigenvalue weighted by molar-refractivity contribution is -0.0498. The number of anilines is 3. The highest BCUT2D eigenvalue weighted by Crippen LogP contribution is 2.47. The Bertz CT molecular complexity index is 1390. The van der Waals surface area contributed by atoms with Crippen LogP contribution in [-0.4, -0.2) is 38.4 Å². The standard InChI is InChI=1S/C25H24F3N7O/c1-13-10-18(15-4-6-16(26)7-5-15)22-21(13)23(29-3)33-25(32-22)31-17-8-9-19(20(11-17)36-24(27)28)35-12-30-14(2)34-35/h4-9,11-13,18,24H,10H2,1-3H3,(H2,29,31,32,33)/t13?,18-/m1/s1. The van der Waals surface area contributed by atoms with Gasteiger partial charge in [-0.05, 0) is 49.1 Å². The van der Waals surface area contributed by atoms with Gasteiger partial charge in [-0.2, -0.15) is 18.9 Å². The van der Waals surface area contributed by atoms with Crippen molar-refractivity contribution in [2.24, 2.45) is 0 Å². The number of rotatable bonds is 7. The van der Waals surface area contributed by atoms with E-state index in [1.165, 1.54) is 29.2 Å². The van der Waals surface area contributed by atoms with E-state index in [1.54, 1.807) is 38.2 Å². The summed E-state index contributed by atoms with van der Waals surface area (Å²) in [6, 6.07) is 11.2. The maximum atomic E-state index is 13.5. The molecule has 2 N–H and O–H groups in total. The topological polar surface area (TPSA) is 89.8 Å². The van der Waals surface area contributed by atoms with Crippen LogP contribution in [0.15, 0.2) is 48.8 Å². The fourth-order valence-corrected chi connectivity index (χ4v) is 4.62. The van der Waals surface area contributed by atoms with Crippen LogP contribution in [-0.2, 0) is 0 Å². The zero-order valence-electron chi connectivity index (χ0n) is 19.8. The first kappa shape index (κ1) is 23.6. The molecule has 36 heavy (non-hydrogen) atoms. The second-order valence-corrected chi connectivity index (χ2v) is 8.61. The molecule has 0 aliphatic heterocycles. The molecule has 0 spiro atoms. The minimum atomic E-state index is -3.02. The number of nitrogens with zero attached hydrogens (tertiary/aromatic N) is 5. The van der Waals surface area contributed by atoms with Gasteiger partial charge in [0.15, 0.2) is 5.75 Å². The van der Waals surface area contributed by atoms with Crippen LogP contribution < -0.4 is 15.4 Å². The predicted molar refractivity (Wildman–Crippen MR) is 129 cm³/mol. The number of hydrogen-bond donors (Lipinski definition) is 2. The maximum absolute atomic E-state index is 13.5. The second-order valence-electron chi connectivity index (χ2n) is 8.61. The highest BCUT2D eigenvalue weighted by atomic mass is 19.3. The molecule has 8 nitrogen and oxygen atoms in total. The van der Waals surface area contributed by atoms with E-state index in [0.717, 1.165) is 23.2 Å². The molecule has 0 radical (unpaired) electrons. The van der Waals surface area contributed by atoms with Crippen molar-refractivity contribution in [1.82, 2.24) is 24.7 Å².